The third-order valence-electron chi connectivity index (χ3n) is 4.41. The average Bonchev–Trinajstić information content (AvgIpc) is 3.23. The third kappa shape index (κ3) is 3.35. The molecular formula is C21H15N3O3S. The Hall–Kier alpha value is -3.58. The Morgan fingerprint density at radius 2 is 1.93 bits per heavy atom. The van der Waals surface area contributed by atoms with E-state index in [1.807, 2.05) is 41.8 Å². The Morgan fingerprint density at radius 3 is 2.68 bits per heavy atom. The number of carbonyl (C=O) groups excluding carboxylic acids is 1. The van der Waals surface area contributed by atoms with E-state index >= 15 is 0 Å². The number of rotatable bonds is 4. The molecule has 2 aromatic heterocycles. The van der Waals surface area contributed by atoms with Crippen LogP contribution in [0.5, 0.6) is 0 Å². The van der Waals surface area contributed by atoms with Gasteiger partial charge in [0.05, 0.1) is 32.3 Å². The average molecular weight is 389 g/mol. The van der Waals surface area contributed by atoms with Crippen LogP contribution >= 0.6 is 11.3 Å². The van der Waals surface area contributed by atoms with Gasteiger partial charge in [-0.2, -0.15) is 0 Å². The van der Waals surface area contributed by atoms with Gasteiger partial charge in [-0.05, 0) is 36.1 Å². The number of non-ortho nitro benzene ring substituents is 1. The smallest absolute Gasteiger partial charge is 0.271 e. The van der Waals surface area contributed by atoms with Gasteiger partial charge in [-0.25, -0.2) is 4.98 Å². The number of nitro benzene ring substituents is 1. The maximum Gasteiger partial charge on any atom is 0.271 e. The highest BCUT2D eigenvalue weighted by atomic mass is 32.1. The number of nitrogens with one attached hydrogen (secondary N) is 1. The summed E-state index contributed by atoms with van der Waals surface area (Å²) in [5.74, 6) is -0.333. The number of aryl methyl sites for hydroxylation is 1. The van der Waals surface area contributed by atoms with E-state index < -0.39 is 4.92 Å². The number of hydrogen-bond acceptors (Lipinski definition) is 5. The van der Waals surface area contributed by atoms with E-state index in [0.717, 1.165) is 21.5 Å². The fourth-order valence-electron chi connectivity index (χ4n) is 2.96. The molecule has 0 radical (unpaired) electrons. The minimum absolute atomic E-state index is 0.0697. The first kappa shape index (κ1) is 17.8. The lowest BCUT2D eigenvalue weighted by atomic mass is 10.1. The van der Waals surface area contributed by atoms with Gasteiger partial charge in [-0.3, -0.25) is 14.9 Å². The Labute approximate surface area is 164 Å². The molecule has 0 saturated carbocycles. The zero-order chi connectivity index (χ0) is 19.7. The van der Waals surface area contributed by atoms with Crippen molar-refractivity contribution >= 4 is 39.5 Å². The molecule has 0 atom stereocenters. The van der Waals surface area contributed by atoms with Crippen LogP contribution in [0.2, 0.25) is 0 Å². The summed E-state index contributed by atoms with van der Waals surface area (Å²) < 4.78 is 0. The topological polar surface area (TPSA) is 85.1 Å². The number of thiophene rings is 1. The van der Waals surface area contributed by atoms with Crippen LogP contribution < -0.4 is 5.32 Å². The molecule has 7 heteroatoms. The summed E-state index contributed by atoms with van der Waals surface area (Å²) in [5, 5.41) is 16.6. The summed E-state index contributed by atoms with van der Waals surface area (Å²) in [6.07, 6.45) is 0. The monoisotopic (exact) mass is 389 g/mol. The van der Waals surface area contributed by atoms with Crippen LogP contribution in [0, 0.1) is 17.0 Å². The number of hydrogen-bond donors (Lipinski definition) is 1. The number of para-hydroxylation sites is 1. The van der Waals surface area contributed by atoms with Crippen LogP contribution in [-0.4, -0.2) is 15.8 Å². The first-order valence-corrected chi connectivity index (χ1v) is 9.41. The van der Waals surface area contributed by atoms with E-state index in [0.29, 0.717) is 16.8 Å². The molecule has 0 aliphatic rings. The molecule has 4 aromatic rings. The first-order valence-electron chi connectivity index (χ1n) is 8.53. The molecule has 0 unspecified atom stereocenters. The van der Waals surface area contributed by atoms with Crippen LogP contribution in [0.1, 0.15) is 15.9 Å². The minimum Gasteiger partial charge on any atom is -0.321 e. The van der Waals surface area contributed by atoms with Crippen molar-refractivity contribution in [2.24, 2.45) is 0 Å². The van der Waals surface area contributed by atoms with E-state index in [4.69, 9.17) is 0 Å². The zero-order valence-electron chi connectivity index (χ0n) is 14.9. The third-order valence-corrected chi connectivity index (χ3v) is 5.31. The van der Waals surface area contributed by atoms with Gasteiger partial charge >= 0.3 is 0 Å². The largest absolute Gasteiger partial charge is 0.321 e. The number of anilines is 1. The molecule has 0 spiro atoms. The van der Waals surface area contributed by atoms with Crippen LogP contribution in [0.25, 0.3) is 21.5 Å². The van der Waals surface area contributed by atoms with Crippen molar-refractivity contribution < 1.29 is 9.72 Å². The molecule has 6 nitrogen and oxygen atoms in total. The molecule has 0 saturated heterocycles. The van der Waals surface area contributed by atoms with Gasteiger partial charge in [0.25, 0.3) is 11.6 Å². The molecule has 1 N–H and O–H groups in total. The summed E-state index contributed by atoms with van der Waals surface area (Å²) in [6.45, 7) is 1.79. The zero-order valence-corrected chi connectivity index (χ0v) is 15.7. The first-order chi connectivity index (χ1) is 13.5. The van der Waals surface area contributed by atoms with Crippen molar-refractivity contribution in [3.8, 4) is 10.6 Å². The summed E-state index contributed by atoms with van der Waals surface area (Å²) >= 11 is 1.55. The van der Waals surface area contributed by atoms with Crippen molar-refractivity contribution in [1.29, 1.82) is 0 Å². The van der Waals surface area contributed by atoms with Gasteiger partial charge in [-0.1, -0.05) is 30.3 Å². The number of nitrogens with zero attached hydrogens (tertiary/aromatic N) is 2. The summed E-state index contributed by atoms with van der Waals surface area (Å²) in [7, 11) is 0. The Bertz CT molecular complexity index is 1200. The van der Waals surface area contributed by atoms with Gasteiger partial charge in [0.2, 0.25) is 0 Å². The number of carbonyl (C=O) groups is 1. The van der Waals surface area contributed by atoms with E-state index in [1.54, 1.807) is 30.4 Å². The highest BCUT2D eigenvalue weighted by Crippen LogP contribution is 2.29. The molecule has 0 fully saturated rings. The second-order valence-electron chi connectivity index (χ2n) is 6.26. The van der Waals surface area contributed by atoms with E-state index in [9.17, 15) is 14.9 Å². The van der Waals surface area contributed by atoms with E-state index in [1.165, 1.54) is 12.1 Å². The maximum absolute atomic E-state index is 13.1. The molecular weight excluding hydrogens is 374 g/mol. The quantitative estimate of drug-likeness (QED) is 0.372. The molecule has 1 amide bonds. The number of fused-ring (bicyclic) bond motifs is 1. The molecule has 0 aliphatic heterocycles. The molecule has 28 heavy (non-hydrogen) atoms. The Morgan fingerprint density at radius 1 is 1.11 bits per heavy atom. The fraction of sp³-hybridized carbons (Fsp3) is 0.0476. The standard InChI is InChI=1S/C21H15N3O3S/c1-13-8-9-14(24(26)27)11-18(13)23-21(25)16-12-19(20-7-4-10-28-20)22-17-6-3-2-5-15(16)17/h2-12H,1H3,(H,23,25). The predicted molar refractivity (Wildman–Crippen MR) is 111 cm³/mol. The molecule has 2 heterocycles. The molecule has 0 aliphatic carbocycles. The lowest BCUT2D eigenvalue weighted by Crippen LogP contribution is -2.14. The summed E-state index contributed by atoms with van der Waals surface area (Å²) in [4.78, 5) is 29.3. The van der Waals surface area contributed by atoms with E-state index in [2.05, 4.69) is 10.3 Å². The fourth-order valence-corrected chi connectivity index (χ4v) is 3.65. The van der Waals surface area contributed by atoms with Gasteiger partial charge in [0.1, 0.15) is 0 Å². The van der Waals surface area contributed by atoms with Crippen molar-refractivity contribution in [2.45, 2.75) is 6.92 Å². The van der Waals surface area contributed by atoms with Crippen molar-refractivity contribution in [3.05, 3.63) is 87.3 Å². The summed E-state index contributed by atoms with van der Waals surface area (Å²) in [6, 6.07) is 17.5. The second kappa shape index (κ2) is 7.21. The predicted octanol–water partition coefficient (Wildman–Crippen LogP) is 5.43. The van der Waals surface area contributed by atoms with Crippen molar-refractivity contribution in [2.75, 3.05) is 5.32 Å². The molecule has 4 rings (SSSR count). The number of amides is 1. The molecule has 0 bridgehead atoms. The number of pyridine rings is 1. The minimum atomic E-state index is -0.480. The number of nitro groups is 1. The van der Waals surface area contributed by atoms with Gasteiger partial charge in [0.15, 0.2) is 0 Å². The van der Waals surface area contributed by atoms with Gasteiger partial charge in [0, 0.05) is 17.5 Å². The second-order valence-corrected chi connectivity index (χ2v) is 7.21. The highest BCUT2D eigenvalue weighted by Gasteiger charge is 2.17. The number of benzene rings is 2. The van der Waals surface area contributed by atoms with Crippen LogP contribution in [0.15, 0.2) is 66.0 Å². The number of aromatic nitrogens is 1. The van der Waals surface area contributed by atoms with Gasteiger partial charge < -0.3 is 5.32 Å². The van der Waals surface area contributed by atoms with Crippen LogP contribution in [-0.2, 0) is 0 Å². The lowest BCUT2D eigenvalue weighted by Gasteiger charge is -2.11. The normalized spacial score (nSPS) is 10.8. The lowest BCUT2D eigenvalue weighted by molar-refractivity contribution is -0.384. The van der Waals surface area contributed by atoms with E-state index in [-0.39, 0.29) is 11.6 Å². The van der Waals surface area contributed by atoms with Crippen molar-refractivity contribution in [1.82, 2.24) is 4.98 Å². The van der Waals surface area contributed by atoms with Crippen LogP contribution in [0.4, 0.5) is 11.4 Å². The Balaban J connectivity index is 1.79. The molecule has 2 aromatic carbocycles. The summed E-state index contributed by atoms with van der Waals surface area (Å²) in [5.41, 5.74) is 3.00. The van der Waals surface area contributed by atoms with Gasteiger partial charge in [-0.15, -0.1) is 11.3 Å². The SMILES string of the molecule is Cc1ccc([N+](=O)[O-])cc1NC(=O)c1cc(-c2cccs2)nc2ccccc12. The van der Waals surface area contributed by atoms with Crippen LogP contribution in [0.3, 0.4) is 0 Å². The van der Waals surface area contributed by atoms with Crippen molar-refractivity contribution in [3.63, 3.8) is 0 Å². The Kier molecular flexibility index (Phi) is 4.58. The highest BCUT2D eigenvalue weighted by molar-refractivity contribution is 7.13. The molecule has 138 valence electrons. The maximum atomic E-state index is 13.1.